The zero-order valence-electron chi connectivity index (χ0n) is 15.4. The number of hydrogen-bond donors (Lipinski definition) is 2. The molecule has 0 saturated carbocycles. The maximum absolute atomic E-state index is 12.2. The fraction of sp³-hybridized carbons (Fsp3) is 0.143. The fourth-order valence-electron chi connectivity index (χ4n) is 2.18. The van der Waals surface area contributed by atoms with Crippen molar-refractivity contribution in [3.8, 4) is 5.75 Å². The molecule has 2 aromatic rings. The first kappa shape index (κ1) is 21.6. The Morgan fingerprint density at radius 2 is 1.96 bits per heavy atom. The number of benzene rings is 2. The van der Waals surface area contributed by atoms with Crippen molar-refractivity contribution >= 4 is 47.4 Å². The van der Waals surface area contributed by atoms with Crippen LogP contribution in [0.2, 0.25) is 5.02 Å². The first-order valence-corrected chi connectivity index (χ1v) is 9.66. The van der Waals surface area contributed by atoms with E-state index in [-0.39, 0.29) is 12.4 Å². The number of carbonyl (C=O) groups is 2. The van der Waals surface area contributed by atoms with Gasteiger partial charge in [0.05, 0.1) is 22.1 Å². The number of anilines is 1. The minimum Gasteiger partial charge on any atom is -0.508 e. The van der Waals surface area contributed by atoms with E-state index in [0.717, 1.165) is 11.8 Å². The molecule has 0 unspecified atom stereocenters. The molecule has 2 N–H and O–H groups in total. The summed E-state index contributed by atoms with van der Waals surface area (Å²) in [5.41, 5.74) is 1.71. The molecule has 0 aliphatic carbocycles. The summed E-state index contributed by atoms with van der Waals surface area (Å²) < 4.78 is 5.08. The number of carbonyl (C=O) groups excluding carboxylic acids is 2. The molecule has 0 atom stereocenters. The van der Waals surface area contributed by atoms with E-state index in [1.165, 1.54) is 6.07 Å². The van der Waals surface area contributed by atoms with Crippen LogP contribution in [0.25, 0.3) is 6.08 Å². The number of hydrogen-bond acceptors (Lipinski definition) is 6. The Bertz CT molecular complexity index is 907. The quantitative estimate of drug-likeness (QED) is 0.348. The van der Waals surface area contributed by atoms with Crippen molar-refractivity contribution in [3.63, 3.8) is 0 Å². The van der Waals surface area contributed by atoms with Gasteiger partial charge in [0.25, 0.3) is 0 Å². The number of phenolic OH excluding ortho intramolecular Hbond substituents is 1. The van der Waals surface area contributed by atoms with E-state index >= 15 is 0 Å². The second kappa shape index (κ2) is 10.6. The summed E-state index contributed by atoms with van der Waals surface area (Å²) in [6, 6.07) is 13.5. The Kier molecular flexibility index (Phi) is 8.17. The second-order valence-electron chi connectivity index (χ2n) is 5.67. The van der Waals surface area contributed by atoms with Gasteiger partial charge in [-0.25, -0.2) is 4.79 Å². The summed E-state index contributed by atoms with van der Waals surface area (Å²) in [6.45, 7) is 3.60. The second-order valence-corrected chi connectivity index (χ2v) is 7.19. The molecule has 0 radical (unpaired) electrons. The van der Waals surface area contributed by atoms with Gasteiger partial charge in [-0.15, -0.1) is 0 Å². The lowest BCUT2D eigenvalue weighted by Gasteiger charge is -2.14. The lowest BCUT2D eigenvalue weighted by molar-refractivity contribution is -0.138. The van der Waals surface area contributed by atoms with Crippen LogP contribution in [0.15, 0.2) is 64.0 Å². The van der Waals surface area contributed by atoms with E-state index in [4.69, 9.17) is 16.3 Å². The van der Waals surface area contributed by atoms with Crippen LogP contribution in [-0.2, 0) is 14.3 Å². The van der Waals surface area contributed by atoms with Crippen molar-refractivity contribution in [2.24, 2.45) is 0 Å². The Morgan fingerprint density at radius 3 is 2.57 bits per heavy atom. The molecule has 146 valence electrons. The van der Waals surface area contributed by atoms with Crippen LogP contribution in [0.5, 0.6) is 5.75 Å². The van der Waals surface area contributed by atoms with Crippen molar-refractivity contribution in [2.75, 3.05) is 11.9 Å². The molecule has 0 aliphatic heterocycles. The zero-order valence-corrected chi connectivity index (χ0v) is 17.0. The fourth-order valence-corrected chi connectivity index (χ4v) is 3.19. The Labute approximate surface area is 173 Å². The Hall–Kier alpha value is -2.70. The van der Waals surface area contributed by atoms with Crippen molar-refractivity contribution in [2.45, 2.75) is 13.8 Å². The molecule has 0 fully saturated rings. The molecule has 7 heteroatoms. The van der Waals surface area contributed by atoms with Crippen molar-refractivity contribution in [1.29, 1.82) is 0 Å². The molecular formula is C21H20ClNO4S. The van der Waals surface area contributed by atoms with E-state index in [1.807, 2.05) is 0 Å². The minimum absolute atomic E-state index is 0.0988. The topological polar surface area (TPSA) is 75.6 Å². The van der Waals surface area contributed by atoms with E-state index < -0.39 is 5.97 Å². The van der Waals surface area contributed by atoms with Crippen molar-refractivity contribution in [3.05, 3.63) is 74.6 Å². The summed E-state index contributed by atoms with van der Waals surface area (Å²) in [4.78, 5) is 24.2. The zero-order chi connectivity index (χ0) is 20.5. The first-order chi connectivity index (χ1) is 13.4. The largest absolute Gasteiger partial charge is 0.508 e. The molecule has 0 heterocycles. The molecule has 0 aromatic heterocycles. The van der Waals surface area contributed by atoms with Crippen LogP contribution in [0.4, 0.5) is 5.69 Å². The Morgan fingerprint density at radius 1 is 1.25 bits per heavy atom. The van der Waals surface area contributed by atoms with Gasteiger partial charge in [0.1, 0.15) is 5.75 Å². The highest BCUT2D eigenvalue weighted by Gasteiger charge is 2.15. The number of phenols is 1. The van der Waals surface area contributed by atoms with E-state index in [9.17, 15) is 14.7 Å². The number of ether oxygens (including phenoxy) is 1. The van der Waals surface area contributed by atoms with Gasteiger partial charge in [0, 0.05) is 10.7 Å². The SMILES string of the molecule is CCOC(=O)/C(C)=C(\Nc1ccc(Cl)cc1)S/C(C=O)=C\c1cccc(O)c1. The predicted molar refractivity (Wildman–Crippen MR) is 114 cm³/mol. The van der Waals surface area contributed by atoms with Crippen LogP contribution in [0.3, 0.4) is 0 Å². The number of halogens is 1. The summed E-state index contributed by atoms with van der Waals surface area (Å²) in [7, 11) is 0. The van der Waals surface area contributed by atoms with Gasteiger partial charge >= 0.3 is 5.97 Å². The number of rotatable bonds is 8. The average molecular weight is 418 g/mol. The number of aromatic hydroxyl groups is 1. The summed E-state index contributed by atoms with van der Waals surface area (Å²) in [5.74, 6) is -0.379. The van der Waals surface area contributed by atoms with Gasteiger partial charge in [-0.05, 0) is 61.9 Å². The smallest absolute Gasteiger partial charge is 0.336 e. The summed E-state index contributed by atoms with van der Waals surface area (Å²) in [5, 5.41) is 13.8. The number of thioether (sulfide) groups is 1. The molecule has 2 aromatic carbocycles. The van der Waals surface area contributed by atoms with Gasteiger partial charge in [0.15, 0.2) is 6.29 Å². The molecule has 0 saturated heterocycles. The van der Waals surface area contributed by atoms with Crippen LogP contribution in [-0.4, -0.2) is 24.0 Å². The first-order valence-electron chi connectivity index (χ1n) is 8.47. The average Bonchev–Trinajstić information content (AvgIpc) is 2.68. The predicted octanol–water partition coefficient (Wildman–Crippen LogP) is 5.23. The van der Waals surface area contributed by atoms with Crippen molar-refractivity contribution in [1.82, 2.24) is 0 Å². The number of nitrogens with one attached hydrogen (secondary N) is 1. The third kappa shape index (κ3) is 6.48. The molecular weight excluding hydrogens is 398 g/mol. The highest BCUT2D eigenvalue weighted by Crippen LogP contribution is 2.31. The lowest BCUT2D eigenvalue weighted by Crippen LogP contribution is -2.11. The summed E-state index contributed by atoms with van der Waals surface area (Å²) >= 11 is 7.02. The van der Waals surface area contributed by atoms with Gasteiger partial charge < -0.3 is 15.2 Å². The Balaban J connectivity index is 2.36. The minimum atomic E-state index is -0.478. The van der Waals surface area contributed by atoms with E-state index in [2.05, 4.69) is 5.32 Å². The number of aldehydes is 1. The molecule has 0 spiro atoms. The maximum atomic E-state index is 12.2. The summed E-state index contributed by atoms with van der Waals surface area (Å²) in [6.07, 6.45) is 2.32. The highest BCUT2D eigenvalue weighted by atomic mass is 35.5. The molecule has 0 amide bonds. The lowest BCUT2D eigenvalue weighted by atomic mass is 10.2. The maximum Gasteiger partial charge on any atom is 0.336 e. The standard InChI is InChI=1S/C21H20ClNO4S/c1-3-27-21(26)14(2)20(23-17-9-7-16(22)8-10-17)28-19(13-24)12-15-5-4-6-18(25)11-15/h4-13,23,25H,3H2,1-2H3/b19-12-,20-14+. The van der Waals surface area contributed by atoms with E-state index in [1.54, 1.807) is 62.4 Å². The number of esters is 1. The van der Waals surface area contributed by atoms with Crippen LogP contribution in [0.1, 0.15) is 19.4 Å². The van der Waals surface area contributed by atoms with E-state index in [0.29, 0.717) is 38.1 Å². The molecule has 0 bridgehead atoms. The van der Waals surface area contributed by atoms with Crippen LogP contribution < -0.4 is 5.32 Å². The van der Waals surface area contributed by atoms with Gasteiger partial charge in [-0.3, -0.25) is 4.79 Å². The third-order valence-corrected chi connectivity index (χ3v) is 4.85. The van der Waals surface area contributed by atoms with Crippen molar-refractivity contribution < 1.29 is 19.4 Å². The normalized spacial score (nSPS) is 12.2. The highest BCUT2D eigenvalue weighted by molar-refractivity contribution is 8.07. The van der Waals surface area contributed by atoms with Crippen LogP contribution in [0, 0.1) is 0 Å². The molecule has 5 nitrogen and oxygen atoms in total. The molecule has 2 rings (SSSR count). The monoisotopic (exact) mass is 417 g/mol. The van der Waals surface area contributed by atoms with Gasteiger partial charge in [0.2, 0.25) is 0 Å². The third-order valence-electron chi connectivity index (χ3n) is 3.54. The van der Waals surface area contributed by atoms with Gasteiger partial charge in [-0.2, -0.15) is 0 Å². The van der Waals surface area contributed by atoms with Crippen LogP contribution >= 0.6 is 23.4 Å². The molecule has 0 aliphatic rings. The van der Waals surface area contributed by atoms with Gasteiger partial charge in [-0.1, -0.05) is 35.5 Å². The molecule has 28 heavy (non-hydrogen) atoms. The number of allylic oxidation sites excluding steroid dienone is 1.